The van der Waals surface area contributed by atoms with Gasteiger partial charge >= 0.3 is 5.69 Å². The van der Waals surface area contributed by atoms with Crippen molar-refractivity contribution in [3.05, 3.63) is 63.1 Å². The van der Waals surface area contributed by atoms with E-state index in [4.69, 9.17) is 5.73 Å². The standard InChI is InChI=1S/C23H25N7O2/c1-3-11-29-21-19(22(31)30(12-4-2)23(29)32)26-20(27-21)17-14-25-28(15-17)13-5-6-16-7-9-18(24)10-8-16/h7-10,14-15H,3-4,11-13,24H2,1-2H3,(H,26,27). The van der Waals surface area contributed by atoms with Crippen LogP contribution in [0, 0.1) is 11.8 Å². The molecule has 0 saturated carbocycles. The minimum absolute atomic E-state index is 0.321. The van der Waals surface area contributed by atoms with Gasteiger partial charge in [0.1, 0.15) is 17.9 Å². The van der Waals surface area contributed by atoms with Gasteiger partial charge in [0.25, 0.3) is 5.56 Å². The van der Waals surface area contributed by atoms with E-state index in [1.807, 2.05) is 44.3 Å². The molecule has 0 radical (unpaired) electrons. The second-order valence-electron chi connectivity index (χ2n) is 7.53. The minimum Gasteiger partial charge on any atom is -0.399 e. The van der Waals surface area contributed by atoms with E-state index in [1.54, 1.807) is 15.4 Å². The van der Waals surface area contributed by atoms with Crippen LogP contribution in [-0.4, -0.2) is 28.9 Å². The molecular formula is C23H25N7O2. The van der Waals surface area contributed by atoms with Crippen LogP contribution in [0.2, 0.25) is 0 Å². The number of nitrogens with zero attached hydrogens (tertiary/aromatic N) is 5. The Morgan fingerprint density at radius 2 is 1.78 bits per heavy atom. The van der Waals surface area contributed by atoms with Gasteiger partial charge in [0.15, 0.2) is 5.65 Å². The number of hydrogen-bond acceptors (Lipinski definition) is 5. The Morgan fingerprint density at radius 1 is 1.06 bits per heavy atom. The molecule has 164 valence electrons. The molecule has 3 heterocycles. The molecule has 0 amide bonds. The van der Waals surface area contributed by atoms with Crippen LogP contribution >= 0.6 is 0 Å². The molecule has 4 aromatic rings. The van der Waals surface area contributed by atoms with Gasteiger partial charge in [-0.2, -0.15) is 5.10 Å². The quantitative estimate of drug-likeness (QED) is 0.359. The molecule has 9 heteroatoms. The molecule has 3 aromatic heterocycles. The van der Waals surface area contributed by atoms with Crippen molar-refractivity contribution in [2.75, 3.05) is 5.73 Å². The summed E-state index contributed by atoms with van der Waals surface area (Å²) in [5.41, 5.74) is 8.01. The van der Waals surface area contributed by atoms with E-state index in [2.05, 4.69) is 26.9 Å². The summed E-state index contributed by atoms with van der Waals surface area (Å²) in [6.07, 6.45) is 4.92. The number of nitrogen functional groups attached to an aromatic ring is 1. The first-order valence-corrected chi connectivity index (χ1v) is 10.6. The van der Waals surface area contributed by atoms with Crippen molar-refractivity contribution in [2.24, 2.45) is 0 Å². The number of aromatic amines is 1. The van der Waals surface area contributed by atoms with Gasteiger partial charge in [0.2, 0.25) is 0 Å². The van der Waals surface area contributed by atoms with Crippen LogP contribution in [0.25, 0.3) is 22.6 Å². The molecule has 9 nitrogen and oxygen atoms in total. The van der Waals surface area contributed by atoms with E-state index in [0.29, 0.717) is 54.3 Å². The Hall–Kier alpha value is -4.06. The van der Waals surface area contributed by atoms with Crippen molar-refractivity contribution in [3.8, 4) is 23.2 Å². The van der Waals surface area contributed by atoms with E-state index < -0.39 is 0 Å². The second-order valence-corrected chi connectivity index (χ2v) is 7.53. The number of aryl methyl sites for hydroxylation is 1. The molecule has 32 heavy (non-hydrogen) atoms. The van der Waals surface area contributed by atoms with Crippen molar-refractivity contribution >= 4 is 16.9 Å². The number of nitrogens with one attached hydrogen (secondary N) is 1. The molecule has 0 spiro atoms. The topological polar surface area (TPSA) is 117 Å². The normalized spacial score (nSPS) is 10.9. The number of H-pyrrole nitrogens is 1. The zero-order valence-corrected chi connectivity index (χ0v) is 18.1. The van der Waals surface area contributed by atoms with Crippen LogP contribution in [0.5, 0.6) is 0 Å². The number of fused-ring (bicyclic) bond motifs is 1. The fourth-order valence-electron chi connectivity index (χ4n) is 3.51. The van der Waals surface area contributed by atoms with Gasteiger partial charge in [-0.3, -0.25) is 18.6 Å². The summed E-state index contributed by atoms with van der Waals surface area (Å²) in [5, 5.41) is 4.34. The summed E-state index contributed by atoms with van der Waals surface area (Å²) in [7, 11) is 0. The average Bonchev–Trinajstić information content (AvgIpc) is 3.43. The largest absolute Gasteiger partial charge is 0.399 e. The van der Waals surface area contributed by atoms with Crippen molar-refractivity contribution in [3.63, 3.8) is 0 Å². The molecule has 4 rings (SSSR count). The predicted molar refractivity (Wildman–Crippen MR) is 124 cm³/mol. The average molecular weight is 432 g/mol. The maximum Gasteiger partial charge on any atom is 0.332 e. The molecule has 0 unspecified atom stereocenters. The predicted octanol–water partition coefficient (Wildman–Crippen LogP) is 2.20. The minimum atomic E-state index is -0.347. The number of aromatic nitrogens is 6. The maximum atomic E-state index is 12.9. The fraction of sp³-hybridized carbons (Fsp3) is 0.304. The van der Waals surface area contributed by atoms with Crippen molar-refractivity contribution in [1.82, 2.24) is 28.9 Å². The number of rotatable bonds is 6. The Kier molecular flexibility index (Phi) is 5.94. The SMILES string of the molecule is CCCn1c(=O)c2[nH]c(-c3cnn(CC#Cc4ccc(N)cc4)c3)nc2n(CCC)c1=O. The van der Waals surface area contributed by atoms with E-state index >= 15 is 0 Å². The molecule has 0 bridgehead atoms. The summed E-state index contributed by atoms with van der Waals surface area (Å²) in [6, 6.07) is 7.35. The van der Waals surface area contributed by atoms with Crippen LogP contribution < -0.4 is 17.0 Å². The number of benzene rings is 1. The lowest BCUT2D eigenvalue weighted by molar-refractivity contribution is 0.555. The van der Waals surface area contributed by atoms with Crippen molar-refractivity contribution in [1.29, 1.82) is 0 Å². The summed E-state index contributed by atoms with van der Waals surface area (Å²) in [4.78, 5) is 33.4. The van der Waals surface area contributed by atoms with Gasteiger partial charge in [0.05, 0.1) is 11.8 Å². The Bertz CT molecular complexity index is 1430. The zero-order chi connectivity index (χ0) is 22.7. The first kappa shape index (κ1) is 21.2. The van der Waals surface area contributed by atoms with Gasteiger partial charge in [0, 0.05) is 30.5 Å². The van der Waals surface area contributed by atoms with Crippen LogP contribution in [0.3, 0.4) is 0 Å². The van der Waals surface area contributed by atoms with Gasteiger partial charge in [-0.1, -0.05) is 25.7 Å². The maximum absolute atomic E-state index is 12.9. The Morgan fingerprint density at radius 3 is 2.50 bits per heavy atom. The van der Waals surface area contributed by atoms with Crippen LogP contribution in [0.4, 0.5) is 5.69 Å². The third-order valence-corrected chi connectivity index (χ3v) is 5.05. The highest BCUT2D eigenvalue weighted by Gasteiger charge is 2.17. The number of anilines is 1. The second kappa shape index (κ2) is 8.98. The highest BCUT2D eigenvalue weighted by atomic mass is 16.2. The number of imidazole rings is 1. The van der Waals surface area contributed by atoms with Crippen LogP contribution in [0.1, 0.15) is 32.3 Å². The lowest BCUT2D eigenvalue weighted by Crippen LogP contribution is -2.40. The van der Waals surface area contributed by atoms with Gasteiger partial charge in [-0.05, 0) is 37.1 Å². The van der Waals surface area contributed by atoms with E-state index in [-0.39, 0.29) is 11.2 Å². The van der Waals surface area contributed by atoms with E-state index in [9.17, 15) is 9.59 Å². The van der Waals surface area contributed by atoms with Crippen molar-refractivity contribution in [2.45, 2.75) is 46.3 Å². The van der Waals surface area contributed by atoms with Crippen LogP contribution in [0.15, 0.2) is 46.2 Å². The summed E-state index contributed by atoms with van der Waals surface area (Å²) in [6.45, 7) is 5.17. The lowest BCUT2D eigenvalue weighted by atomic mass is 10.2. The molecule has 0 aliphatic carbocycles. The molecular weight excluding hydrogens is 406 g/mol. The van der Waals surface area contributed by atoms with Gasteiger partial charge in [-0.25, -0.2) is 9.78 Å². The Balaban J connectivity index is 1.66. The molecule has 1 aromatic carbocycles. The monoisotopic (exact) mass is 431 g/mol. The van der Waals surface area contributed by atoms with Gasteiger partial charge in [-0.15, -0.1) is 0 Å². The zero-order valence-electron chi connectivity index (χ0n) is 18.1. The molecule has 0 atom stereocenters. The fourth-order valence-corrected chi connectivity index (χ4v) is 3.51. The highest BCUT2D eigenvalue weighted by Crippen LogP contribution is 2.18. The number of hydrogen-bond donors (Lipinski definition) is 2. The van der Waals surface area contributed by atoms with Gasteiger partial charge < -0.3 is 10.7 Å². The highest BCUT2D eigenvalue weighted by molar-refractivity contribution is 5.75. The van der Waals surface area contributed by atoms with Crippen LogP contribution in [-0.2, 0) is 19.6 Å². The Labute approximate surface area is 184 Å². The first-order chi connectivity index (χ1) is 15.5. The molecule has 0 aliphatic rings. The summed E-state index contributed by atoms with van der Waals surface area (Å²) in [5.74, 6) is 6.64. The molecule has 0 saturated heterocycles. The number of nitrogens with two attached hydrogens (primary N) is 1. The molecule has 0 fully saturated rings. The van der Waals surface area contributed by atoms with E-state index in [0.717, 1.165) is 12.0 Å². The first-order valence-electron chi connectivity index (χ1n) is 10.6. The third-order valence-electron chi connectivity index (χ3n) is 5.05. The molecule has 0 aliphatic heterocycles. The molecule has 3 N–H and O–H groups in total. The third kappa shape index (κ3) is 4.07. The van der Waals surface area contributed by atoms with E-state index in [1.165, 1.54) is 4.57 Å². The van der Waals surface area contributed by atoms with Crippen molar-refractivity contribution < 1.29 is 0 Å². The summed E-state index contributed by atoms with van der Waals surface area (Å²) < 4.78 is 4.53. The lowest BCUT2D eigenvalue weighted by Gasteiger charge is -2.09. The smallest absolute Gasteiger partial charge is 0.332 e. The summed E-state index contributed by atoms with van der Waals surface area (Å²) >= 11 is 0.